The first-order chi connectivity index (χ1) is 10.1. The quantitative estimate of drug-likeness (QED) is 0.876. The lowest BCUT2D eigenvalue weighted by atomic mass is 9.98. The number of hydrogen-bond donors (Lipinski definition) is 1. The van der Waals surface area contributed by atoms with Gasteiger partial charge in [-0.25, -0.2) is 4.79 Å². The Bertz CT molecular complexity index is 721. The van der Waals surface area contributed by atoms with Gasteiger partial charge < -0.3 is 9.84 Å². The van der Waals surface area contributed by atoms with Gasteiger partial charge in [-0.05, 0) is 18.6 Å². The Morgan fingerprint density at radius 2 is 2.05 bits per heavy atom. The van der Waals surface area contributed by atoms with Gasteiger partial charge in [-0.15, -0.1) is 0 Å². The predicted octanol–water partition coefficient (Wildman–Crippen LogP) is 3.76. The van der Waals surface area contributed by atoms with E-state index in [0.29, 0.717) is 5.56 Å². The summed E-state index contributed by atoms with van der Waals surface area (Å²) in [6.07, 6.45) is 0. The van der Waals surface area contributed by atoms with Crippen molar-refractivity contribution >= 4 is 17.6 Å². The monoisotopic (exact) mass is 301 g/mol. The standard InChI is InChI=1S/C16H12ClNO3/c1-2-21-16(20)12-8-11(9-18)14(17)13(15(12)19)10-6-4-3-5-7-10/h3-8,19H,2H2,1H3. The Morgan fingerprint density at radius 3 is 2.62 bits per heavy atom. The van der Waals surface area contributed by atoms with Crippen molar-refractivity contribution in [2.75, 3.05) is 6.61 Å². The van der Waals surface area contributed by atoms with E-state index in [4.69, 9.17) is 21.6 Å². The maximum atomic E-state index is 11.9. The predicted molar refractivity (Wildman–Crippen MR) is 79.2 cm³/mol. The maximum absolute atomic E-state index is 11.9. The van der Waals surface area contributed by atoms with Gasteiger partial charge in [0, 0.05) is 5.56 Å². The van der Waals surface area contributed by atoms with Crippen LogP contribution in [0.5, 0.6) is 5.75 Å². The van der Waals surface area contributed by atoms with E-state index in [-0.39, 0.29) is 34.1 Å². The third kappa shape index (κ3) is 2.83. The summed E-state index contributed by atoms with van der Waals surface area (Å²) in [6, 6.07) is 12.0. The number of carbonyl (C=O) groups excluding carboxylic acids is 1. The lowest BCUT2D eigenvalue weighted by Gasteiger charge is -2.12. The molecule has 0 unspecified atom stereocenters. The molecule has 0 aromatic heterocycles. The van der Waals surface area contributed by atoms with Gasteiger partial charge in [0.25, 0.3) is 0 Å². The summed E-state index contributed by atoms with van der Waals surface area (Å²) in [5, 5.41) is 19.6. The summed E-state index contributed by atoms with van der Waals surface area (Å²) in [4.78, 5) is 11.9. The molecule has 4 nitrogen and oxygen atoms in total. The number of aromatic hydroxyl groups is 1. The lowest BCUT2D eigenvalue weighted by Crippen LogP contribution is -2.06. The number of esters is 1. The first-order valence-corrected chi connectivity index (χ1v) is 6.66. The van der Waals surface area contributed by atoms with Crippen molar-refractivity contribution in [2.45, 2.75) is 6.92 Å². The Morgan fingerprint density at radius 1 is 1.38 bits per heavy atom. The average Bonchev–Trinajstić information content (AvgIpc) is 2.49. The van der Waals surface area contributed by atoms with Crippen LogP contribution in [0.25, 0.3) is 11.1 Å². The molecule has 106 valence electrons. The van der Waals surface area contributed by atoms with E-state index < -0.39 is 5.97 Å². The molecule has 0 saturated heterocycles. The van der Waals surface area contributed by atoms with E-state index >= 15 is 0 Å². The van der Waals surface area contributed by atoms with Crippen LogP contribution in [0.15, 0.2) is 36.4 Å². The smallest absolute Gasteiger partial charge is 0.341 e. The fourth-order valence-corrected chi connectivity index (χ4v) is 2.26. The van der Waals surface area contributed by atoms with Crippen LogP contribution < -0.4 is 0 Å². The van der Waals surface area contributed by atoms with Crippen molar-refractivity contribution in [3.63, 3.8) is 0 Å². The molecule has 21 heavy (non-hydrogen) atoms. The minimum atomic E-state index is -0.694. The van der Waals surface area contributed by atoms with Crippen molar-refractivity contribution in [2.24, 2.45) is 0 Å². The zero-order valence-electron chi connectivity index (χ0n) is 11.3. The molecule has 2 aromatic carbocycles. The van der Waals surface area contributed by atoms with Crippen molar-refractivity contribution in [1.82, 2.24) is 0 Å². The second-order valence-electron chi connectivity index (χ2n) is 4.21. The van der Waals surface area contributed by atoms with Crippen molar-refractivity contribution in [3.8, 4) is 22.9 Å². The highest BCUT2D eigenvalue weighted by atomic mass is 35.5. The molecule has 0 saturated carbocycles. The second kappa shape index (κ2) is 6.29. The molecular weight excluding hydrogens is 290 g/mol. The molecule has 0 radical (unpaired) electrons. The molecule has 0 bridgehead atoms. The zero-order chi connectivity index (χ0) is 15.4. The minimum absolute atomic E-state index is 0.0725. The van der Waals surface area contributed by atoms with Gasteiger partial charge >= 0.3 is 5.97 Å². The molecule has 0 fully saturated rings. The van der Waals surface area contributed by atoms with Crippen LogP contribution in [0.4, 0.5) is 0 Å². The topological polar surface area (TPSA) is 70.3 Å². The van der Waals surface area contributed by atoms with Gasteiger partial charge in [-0.3, -0.25) is 0 Å². The number of rotatable bonds is 3. The molecule has 2 aromatic rings. The van der Waals surface area contributed by atoms with Gasteiger partial charge in [0.2, 0.25) is 0 Å². The van der Waals surface area contributed by atoms with E-state index in [1.54, 1.807) is 31.2 Å². The van der Waals surface area contributed by atoms with Crippen LogP contribution in [0.2, 0.25) is 5.02 Å². The van der Waals surface area contributed by atoms with Gasteiger partial charge in [-0.1, -0.05) is 41.9 Å². The highest BCUT2D eigenvalue weighted by Crippen LogP contribution is 2.40. The van der Waals surface area contributed by atoms with Crippen molar-refractivity contribution in [1.29, 1.82) is 5.26 Å². The molecule has 2 rings (SSSR count). The fourth-order valence-electron chi connectivity index (χ4n) is 1.96. The van der Waals surface area contributed by atoms with E-state index in [1.165, 1.54) is 6.07 Å². The molecule has 5 heteroatoms. The summed E-state index contributed by atoms with van der Waals surface area (Å²) >= 11 is 6.17. The maximum Gasteiger partial charge on any atom is 0.341 e. The van der Waals surface area contributed by atoms with E-state index in [2.05, 4.69) is 0 Å². The molecule has 0 aliphatic carbocycles. The van der Waals surface area contributed by atoms with Crippen molar-refractivity contribution in [3.05, 3.63) is 52.5 Å². The van der Waals surface area contributed by atoms with Crippen LogP contribution >= 0.6 is 11.6 Å². The molecule has 0 atom stereocenters. The number of phenolic OH excluding ortho intramolecular Hbond substituents is 1. The largest absolute Gasteiger partial charge is 0.506 e. The Kier molecular flexibility index (Phi) is 4.46. The number of benzene rings is 2. The summed E-state index contributed by atoms with van der Waals surface area (Å²) in [7, 11) is 0. The fraction of sp³-hybridized carbons (Fsp3) is 0.125. The van der Waals surface area contributed by atoms with Gasteiger partial charge in [-0.2, -0.15) is 5.26 Å². The van der Waals surface area contributed by atoms with Crippen LogP contribution in [0.3, 0.4) is 0 Å². The van der Waals surface area contributed by atoms with E-state index in [0.717, 1.165) is 0 Å². The molecule has 0 aliphatic rings. The van der Waals surface area contributed by atoms with Gasteiger partial charge in [0.15, 0.2) is 0 Å². The highest BCUT2D eigenvalue weighted by molar-refractivity contribution is 6.35. The van der Waals surface area contributed by atoms with Gasteiger partial charge in [0.05, 0.1) is 17.2 Å². The van der Waals surface area contributed by atoms with E-state index in [1.807, 2.05) is 12.1 Å². The SMILES string of the molecule is CCOC(=O)c1cc(C#N)c(Cl)c(-c2ccccc2)c1O. The van der Waals surface area contributed by atoms with Crippen LogP contribution in [-0.2, 0) is 4.74 Å². The third-order valence-electron chi connectivity index (χ3n) is 2.91. The summed E-state index contributed by atoms with van der Waals surface area (Å²) < 4.78 is 4.89. The number of halogens is 1. The van der Waals surface area contributed by atoms with Crippen LogP contribution in [0, 0.1) is 11.3 Å². The number of hydrogen-bond acceptors (Lipinski definition) is 4. The first-order valence-electron chi connectivity index (χ1n) is 6.28. The Hall–Kier alpha value is -2.51. The number of carbonyl (C=O) groups is 1. The zero-order valence-corrected chi connectivity index (χ0v) is 12.0. The van der Waals surface area contributed by atoms with Crippen LogP contribution in [0.1, 0.15) is 22.8 Å². The van der Waals surface area contributed by atoms with Crippen LogP contribution in [-0.4, -0.2) is 17.7 Å². The molecule has 0 spiro atoms. The number of nitrogens with zero attached hydrogens (tertiary/aromatic N) is 1. The normalized spacial score (nSPS) is 9.95. The lowest BCUT2D eigenvalue weighted by molar-refractivity contribution is 0.0523. The number of phenols is 1. The number of nitriles is 1. The Balaban J connectivity index is 2.72. The van der Waals surface area contributed by atoms with E-state index in [9.17, 15) is 9.90 Å². The van der Waals surface area contributed by atoms with Gasteiger partial charge in [0.1, 0.15) is 17.4 Å². The molecule has 1 N–H and O–H groups in total. The van der Waals surface area contributed by atoms with Crippen molar-refractivity contribution < 1.29 is 14.6 Å². The third-order valence-corrected chi connectivity index (χ3v) is 3.31. The summed E-state index contributed by atoms with van der Waals surface area (Å²) in [5.41, 5.74) is 0.898. The minimum Gasteiger partial charge on any atom is -0.506 e. The average molecular weight is 302 g/mol. The highest BCUT2D eigenvalue weighted by Gasteiger charge is 2.22. The Labute approximate surface area is 127 Å². The molecule has 0 amide bonds. The summed E-state index contributed by atoms with van der Waals surface area (Å²) in [5.74, 6) is -0.982. The molecule has 0 aliphatic heterocycles. The summed E-state index contributed by atoms with van der Waals surface area (Å²) in [6.45, 7) is 1.83. The number of ether oxygens (including phenoxy) is 1. The molecule has 0 heterocycles. The second-order valence-corrected chi connectivity index (χ2v) is 4.59. The first kappa shape index (κ1) is 14.9. The molecular formula is C16H12ClNO3.